The average molecular weight is 285 g/mol. The van der Waals surface area contributed by atoms with Crippen molar-refractivity contribution in [2.24, 2.45) is 4.36 Å². The minimum atomic E-state index is -2.34. The van der Waals surface area contributed by atoms with E-state index in [9.17, 15) is 4.21 Å². The van der Waals surface area contributed by atoms with Gasteiger partial charge < -0.3 is 0 Å². The Morgan fingerprint density at radius 2 is 1.85 bits per heavy atom. The molecule has 0 N–H and O–H groups in total. The van der Waals surface area contributed by atoms with E-state index in [2.05, 4.69) is 17.4 Å². The number of benzene rings is 2. The van der Waals surface area contributed by atoms with E-state index in [0.29, 0.717) is 11.7 Å². The molecule has 0 aliphatic carbocycles. The highest BCUT2D eigenvalue weighted by Gasteiger charge is 2.26. The van der Waals surface area contributed by atoms with E-state index >= 15 is 0 Å². The summed E-state index contributed by atoms with van der Waals surface area (Å²) < 4.78 is 17.9. The topological polar surface area (TPSA) is 29.4 Å². The second-order valence-corrected chi connectivity index (χ2v) is 7.64. The Bertz CT molecular complexity index is 740. The van der Waals surface area contributed by atoms with Crippen molar-refractivity contribution in [3.63, 3.8) is 0 Å². The van der Waals surface area contributed by atoms with Crippen molar-refractivity contribution in [3.8, 4) is 0 Å². The molecule has 0 radical (unpaired) electrons. The molecular weight excluding hydrogens is 266 g/mol. The fourth-order valence-electron chi connectivity index (χ4n) is 2.71. The van der Waals surface area contributed by atoms with Crippen LogP contribution in [0.15, 0.2) is 57.8 Å². The molecule has 0 amide bonds. The Kier molecular flexibility index (Phi) is 3.38. The molecule has 1 aliphatic rings. The molecule has 2 aromatic rings. The van der Waals surface area contributed by atoms with Gasteiger partial charge in [-0.15, -0.1) is 0 Å². The molecule has 2 atom stereocenters. The van der Waals surface area contributed by atoms with E-state index in [0.717, 1.165) is 17.0 Å². The SMILES string of the molecule is CC[C@H]1C[S@](=O)(c2ccc(C)cc2)=Nc2ccccc21. The van der Waals surface area contributed by atoms with Crippen molar-refractivity contribution in [2.75, 3.05) is 5.75 Å². The second-order valence-electron chi connectivity index (χ2n) is 5.38. The standard InChI is InChI=1S/C17H19NOS/c1-3-14-12-20(19,15-10-8-13(2)9-11-15)18-17-7-5-4-6-16(14)17/h4-11,14H,3,12H2,1-2H3/t14-,20-/m0/s1. The van der Waals surface area contributed by atoms with Crippen LogP contribution in [0.25, 0.3) is 0 Å². The highest BCUT2D eigenvalue weighted by atomic mass is 32.2. The van der Waals surface area contributed by atoms with Gasteiger partial charge in [0.2, 0.25) is 0 Å². The lowest BCUT2D eigenvalue weighted by molar-refractivity contribution is 0.656. The summed E-state index contributed by atoms with van der Waals surface area (Å²) >= 11 is 0. The molecule has 0 spiro atoms. The number of rotatable bonds is 2. The van der Waals surface area contributed by atoms with Crippen molar-refractivity contribution in [3.05, 3.63) is 59.7 Å². The molecule has 20 heavy (non-hydrogen) atoms. The lowest BCUT2D eigenvalue weighted by atomic mass is 9.97. The van der Waals surface area contributed by atoms with Crippen LogP contribution >= 0.6 is 0 Å². The fraction of sp³-hybridized carbons (Fsp3) is 0.294. The summed E-state index contributed by atoms with van der Waals surface area (Å²) in [4.78, 5) is 0.857. The maximum absolute atomic E-state index is 13.3. The Morgan fingerprint density at radius 1 is 1.15 bits per heavy atom. The van der Waals surface area contributed by atoms with E-state index in [1.807, 2.05) is 49.4 Å². The zero-order valence-corrected chi connectivity index (χ0v) is 12.7. The number of nitrogens with zero attached hydrogens (tertiary/aromatic N) is 1. The predicted molar refractivity (Wildman–Crippen MR) is 84.0 cm³/mol. The van der Waals surface area contributed by atoms with Crippen LogP contribution in [0, 0.1) is 6.92 Å². The van der Waals surface area contributed by atoms with Crippen LogP contribution in [-0.4, -0.2) is 9.96 Å². The molecule has 2 aromatic carbocycles. The predicted octanol–water partition coefficient (Wildman–Crippen LogP) is 4.66. The third-order valence-electron chi connectivity index (χ3n) is 3.93. The van der Waals surface area contributed by atoms with E-state index in [1.54, 1.807) is 0 Å². The van der Waals surface area contributed by atoms with Crippen LogP contribution in [0.4, 0.5) is 5.69 Å². The van der Waals surface area contributed by atoms with Gasteiger partial charge in [-0.1, -0.05) is 42.8 Å². The fourth-order valence-corrected chi connectivity index (χ4v) is 5.09. The quantitative estimate of drug-likeness (QED) is 0.789. The lowest BCUT2D eigenvalue weighted by Gasteiger charge is -2.25. The van der Waals surface area contributed by atoms with Gasteiger partial charge in [0.15, 0.2) is 0 Å². The van der Waals surface area contributed by atoms with Gasteiger partial charge in [0.1, 0.15) is 0 Å². The van der Waals surface area contributed by atoms with E-state index in [4.69, 9.17) is 0 Å². The Hall–Kier alpha value is -1.61. The molecule has 1 aliphatic heterocycles. The first-order valence-corrected chi connectivity index (χ1v) is 8.71. The molecule has 0 aromatic heterocycles. The summed E-state index contributed by atoms with van der Waals surface area (Å²) in [5.41, 5.74) is 3.32. The van der Waals surface area contributed by atoms with Gasteiger partial charge >= 0.3 is 0 Å². The Labute approximate surface area is 121 Å². The summed E-state index contributed by atoms with van der Waals surface area (Å²) in [7, 11) is -2.34. The third-order valence-corrected chi connectivity index (χ3v) is 6.29. The van der Waals surface area contributed by atoms with Crippen LogP contribution in [0.2, 0.25) is 0 Å². The maximum atomic E-state index is 13.3. The average Bonchev–Trinajstić information content (AvgIpc) is 2.47. The molecule has 0 unspecified atom stereocenters. The molecule has 3 rings (SSSR count). The summed E-state index contributed by atoms with van der Waals surface area (Å²) in [6.45, 7) is 4.19. The largest absolute Gasteiger partial charge is 0.244 e. The third kappa shape index (κ3) is 2.27. The van der Waals surface area contributed by atoms with Crippen LogP contribution in [0.3, 0.4) is 0 Å². The van der Waals surface area contributed by atoms with Crippen molar-refractivity contribution >= 4 is 15.4 Å². The van der Waals surface area contributed by atoms with Gasteiger partial charge in [0, 0.05) is 10.6 Å². The van der Waals surface area contributed by atoms with Crippen LogP contribution in [0.5, 0.6) is 0 Å². The van der Waals surface area contributed by atoms with Crippen molar-refractivity contribution < 1.29 is 4.21 Å². The van der Waals surface area contributed by atoms with E-state index in [-0.39, 0.29) is 0 Å². The van der Waals surface area contributed by atoms with Gasteiger partial charge in [-0.25, -0.2) is 4.21 Å². The molecule has 0 bridgehead atoms. The monoisotopic (exact) mass is 285 g/mol. The first kappa shape index (κ1) is 13.4. The van der Waals surface area contributed by atoms with Gasteiger partial charge in [-0.05, 0) is 43.0 Å². The zero-order valence-electron chi connectivity index (χ0n) is 11.9. The number of hydrogen-bond donors (Lipinski definition) is 0. The number of aryl methyl sites for hydroxylation is 1. The minimum Gasteiger partial charge on any atom is -0.244 e. The van der Waals surface area contributed by atoms with Gasteiger partial charge in [-0.2, -0.15) is 4.36 Å². The van der Waals surface area contributed by atoms with Gasteiger partial charge in [-0.3, -0.25) is 0 Å². The summed E-state index contributed by atoms with van der Waals surface area (Å²) in [6, 6.07) is 16.0. The second kappa shape index (κ2) is 5.06. The first-order valence-electron chi connectivity index (χ1n) is 7.03. The normalized spacial score (nSPS) is 24.8. The summed E-state index contributed by atoms with van der Waals surface area (Å²) in [6.07, 6.45) is 0.995. The van der Waals surface area contributed by atoms with Gasteiger partial charge in [0.05, 0.1) is 15.4 Å². The van der Waals surface area contributed by atoms with Crippen molar-refractivity contribution in [2.45, 2.75) is 31.1 Å². The first-order chi connectivity index (χ1) is 9.62. The lowest BCUT2D eigenvalue weighted by Crippen LogP contribution is -2.18. The maximum Gasteiger partial charge on any atom is 0.0806 e. The van der Waals surface area contributed by atoms with Gasteiger partial charge in [0.25, 0.3) is 0 Å². The Balaban J connectivity index is 2.17. The summed E-state index contributed by atoms with van der Waals surface area (Å²) in [5.74, 6) is 0.960. The highest BCUT2D eigenvalue weighted by Crippen LogP contribution is 2.38. The van der Waals surface area contributed by atoms with Crippen LogP contribution in [-0.2, 0) is 9.73 Å². The molecule has 104 valence electrons. The van der Waals surface area contributed by atoms with Crippen molar-refractivity contribution in [1.29, 1.82) is 0 Å². The smallest absolute Gasteiger partial charge is 0.0806 e. The van der Waals surface area contributed by atoms with E-state index < -0.39 is 9.73 Å². The highest BCUT2D eigenvalue weighted by molar-refractivity contribution is 7.93. The number of fused-ring (bicyclic) bond motifs is 1. The summed E-state index contributed by atoms with van der Waals surface area (Å²) in [5, 5.41) is 0. The zero-order chi connectivity index (χ0) is 14.2. The van der Waals surface area contributed by atoms with E-state index in [1.165, 1.54) is 11.1 Å². The molecule has 0 saturated heterocycles. The van der Waals surface area contributed by atoms with Crippen LogP contribution in [0.1, 0.15) is 30.4 Å². The van der Waals surface area contributed by atoms with Crippen LogP contribution < -0.4 is 0 Å². The Morgan fingerprint density at radius 3 is 2.55 bits per heavy atom. The molecular formula is C17H19NOS. The minimum absolute atomic E-state index is 0.331. The molecule has 0 saturated carbocycles. The molecule has 0 fully saturated rings. The molecule has 2 nitrogen and oxygen atoms in total. The number of hydrogen-bond acceptors (Lipinski definition) is 2. The molecule has 3 heteroatoms. The van der Waals surface area contributed by atoms with Crippen molar-refractivity contribution in [1.82, 2.24) is 0 Å². The molecule has 1 heterocycles.